The van der Waals surface area contributed by atoms with Gasteiger partial charge in [-0.05, 0) is 177 Å². The molecule has 0 radical (unpaired) electrons. The number of aromatic hydroxyl groups is 1. The Labute approximate surface area is 391 Å². The van der Waals surface area contributed by atoms with Crippen LogP contribution in [-0.2, 0) is 16.0 Å². The molecule has 12 atom stereocenters. The first-order chi connectivity index (χ1) is 32.0. The summed E-state index contributed by atoms with van der Waals surface area (Å²) in [7, 11) is 1.53. The van der Waals surface area contributed by atoms with Crippen molar-refractivity contribution in [2.24, 2.45) is 46.7 Å². The van der Waals surface area contributed by atoms with Gasteiger partial charge < -0.3 is 41.7 Å². The number of fused-ring (bicyclic) bond motifs is 5. The van der Waals surface area contributed by atoms with Crippen LogP contribution in [0.2, 0.25) is 0 Å². The Balaban J connectivity index is 0.960. The monoisotopic (exact) mass is 897 g/mol. The van der Waals surface area contributed by atoms with Gasteiger partial charge in [0, 0.05) is 43.7 Å². The molecule has 352 valence electrons. The van der Waals surface area contributed by atoms with Crippen LogP contribution in [0.1, 0.15) is 119 Å². The van der Waals surface area contributed by atoms with Crippen molar-refractivity contribution in [3.63, 3.8) is 0 Å². The Kier molecular flexibility index (Phi) is 14.3. The standard InChI is InChI=1S/C56H72N4O6/c1-3-21-58-32-41-25-49-42(33-60-50-30-44(62)13-14-45(49)50)24-46(41)39-17-20-56(54(65)27-39)19-16-35(48-31-51(63)52(66-2)26-38(48)11-15-53(56)64)10-12-43(61)29-47(40-18-22-59-55(57)28-40)37-9-8-34-6-4-5-7-36(34)23-37/h4-9,18,23,26,28,31,35,39,41-43,45-47,49-50,54,58-61,63,65H,3,10-15,17,20-22,24-25,27,29-30,32-33,57H2,1-2H3/t35-,39-,41+,42-,43-,45+,46+,47-,49-,50+,54+,56+/m0/s1. The van der Waals surface area contributed by atoms with Gasteiger partial charge in [-0.25, -0.2) is 0 Å². The number of dihydropyridines is 1. The molecule has 3 aromatic carbocycles. The second kappa shape index (κ2) is 20.3. The van der Waals surface area contributed by atoms with Crippen LogP contribution in [0.4, 0.5) is 0 Å². The molecule has 66 heavy (non-hydrogen) atoms. The fourth-order valence-electron chi connectivity index (χ4n) is 13.4. The van der Waals surface area contributed by atoms with E-state index in [-0.39, 0.29) is 29.8 Å². The molecule has 1 spiro atoms. The van der Waals surface area contributed by atoms with Crippen molar-refractivity contribution in [1.82, 2.24) is 16.0 Å². The molecule has 6 aliphatic rings. The predicted octanol–water partition coefficient (Wildman–Crippen LogP) is 7.55. The van der Waals surface area contributed by atoms with Gasteiger partial charge in [-0.3, -0.25) is 9.59 Å². The lowest BCUT2D eigenvalue weighted by Gasteiger charge is -2.54. The van der Waals surface area contributed by atoms with E-state index in [1.54, 1.807) is 6.07 Å². The largest absolute Gasteiger partial charge is 0.504 e. The first-order valence-corrected chi connectivity index (χ1v) is 25.2. The van der Waals surface area contributed by atoms with Crippen molar-refractivity contribution >= 4 is 22.3 Å². The number of rotatable bonds is 13. The number of hydrogen-bond donors (Lipinski definition) is 7. The quantitative estimate of drug-likeness (QED) is 0.0673. The summed E-state index contributed by atoms with van der Waals surface area (Å²) in [5.74, 6) is 10.9. The number of allylic oxidation sites excluding steroid dienone is 2. The number of aliphatic hydroxyl groups is 2. The zero-order valence-electron chi connectivity index (χ0n) is 39.1. The minimum atomic E-state index is -1.18. The third kappa shape index (κ3) is 9.69. The summed E-state index contributed by atoms with van der Waals surface area (Å²) in [6.45, 7) is 5.73. The third-order valence-corrected chi connectivity index (χ3v) is 17.0. The smallest absolute Gasteiger partial charge is 0.160 e. The average molecular weight is 897 g/mol. The lowest BCUT2D eigenvalue weighted by molar-refractivity contribution is -0.136. The molecule has 2 heterocycles. The molecule has 10 nitrogen and oxygen atoms in total. The SMILES string of the molecule is CCCNC[C@H]1C[C@H]2[C@H](CN[C@@H]3CC(=O)CC[C@H]23)C[C@@H]1[C@H]1CC[C@@]2(C#C[C@H](CC[C@H](O)C[C@H](C3=CCNC(N)=C3)c3ccc4ccccc4c3)c3cc(O)c(OC)cc3CCC2=O)[C@H](O)C1. The fraction of sp³-hybridized carbons (Fsp3) is 0.571. The fourth-order valence-corrected chi connectivity index (χ4v) is 13.4. The van der Waals surface area contributed by atoms with Crippen molar-refractivity contribution in [2.75, 3.05) is 33.3 Å². The molecule has 4 fully saturated rings. The summed E-state index contributed by atoms with van der Waals surface area (Å²) in [6, 6.07) is 18.7. The van der Waals surface area contributed by atoms with Crippen LogP contribution in [0.25, 0.3) is 10.8 Å². The highest BCUT2D eigenvalue weighted by atomic mass is 16.5. The van der Waals surface area contributed by atoms with Crippen LogP contribution in [0.5, 0.6) is 11.5 Å². The van der Waals surface area contributed by atoms with E-state index in [1.165, 1.54) is 7.11 Å². The summed E-state index contributed by atoms with van der Waals surface area (Å²) in [5, 5.41) is 48.6. The zero-order valence-corrected chi connectivity index (χ0v) is 39.1. The number of hydrogen-bond acceptors (Lipinski definition) is 10. The minimum Gasteiger partial charge on any atom is -0.504 e. The van der Waals surface area contributed by atoms with Gasteiger partial charge in [0.25, 0.3) is 0 Å². The maximum Gasteiger partial charge on any atom is 0.160 e. The van der Waals surface area contributed by atoms with Crippen LogP contribution in [-0.4, -0.2) is 78.4 Å². The van der Waals surface area contributed by atoms with Gasteiger partial charge in [0.05, 0.1) is 25.1 Å². The normalized spacial score (nSPS) is 31.8. The highest BCUT2D eigenvalue weighted by molar-refractivity contribution is 5.89. The van der Waals surface area contributed by atoms with Crippen LogP contribution < -0.4 is 26.4 Å². The van der Waals surface area contributed by atoms with Crippen molar-refractivity contribution in [3.8, 4) is 23.3 Å². The van der Waals surface area contributed by atoms with E-state index in [2.05, 4.69) is 71.1 Å². The van der Waals surface area contributed by atoms with Crippen molar-refractivity contribution in [2.45, 2.75) is 127 Å². The second-order valence-corrected chi connectivity index (χ2v) is 20.8. The molecule has 4 aliphatic carbocycles. The van der Waals surface area contributed by atoms with Gasteiger partial charge >= 0.3 is 0 Å². The summed E-state index contributed by atoms with van der Waals surface area (Å²) in [5.41, 5.74) is 9.02. The van der Waals surface area contributed by atoms with Crippen LogP contribution in [0, 0.1) is 52.8 Å². The van der Waals surface area contributed by atoms with Crippen molar-refractivity contribution < 1.29 is 29.6 Å². The Bertz CT molecular complexity index is 2380. The van der Waals surface area contributed by atoms with Gasteiger partial charge in [-0.1, -0.05) is 67.3 Å². The number of methoxy groups -OCH3 is 1. The number of ketones is 2. The van der Waals surface area contributed by atoms with E-state index in [1.807, 2.05) is 24.3 Å². The number of carbonyl (C=O) groups excluding carboxylic acids is 2. The summed E-state index contributed by atoms with van der Waals surface area (Å²) >= 11 is 0. The molecule has 2 aliphatic heterocycles. The number of phenols is 1. The molecule has 10 heteroatoms. The third-order valence-electron chi connectivity index (χ3n) is 17.0. The molecule has 0 amide bonds. The number of carbonyl (C=O) groups is 2. The number of nitrogens with one attached hydrogen (secondary N) is 3. The predicted molar refractivity (Wildman–Crippen MR) is 260 cm³/mol. The maximum absolute atomic E-state index is 14.6. The minimum absolute atomic E-state index is 0.0142. The molecule has 1 saturated heterocycles. The number of phenolic OH excluding ortho intramolecular Hbond substituents is 1. The average Bonchev–Trinajstić information content (AvgIpc) is 3.37. The Morgan fingerprint density at radius 3 is 2.64 bits per heavy atom. The highest BCUT2D eigenvalue weighted by Gasteiger charge is 2.53. The Hall–Kier alpha value is -4.66. The number of nitrogens with two attached hydrogens (primary N) is 1. The molecule has 3 saturated carbocycles. The summed E-state index contributed by atoms with van der Waals surface area (Å²) in [6.07, 6.45) is 12.2. The Morgan fingerprint density at radius 2 is 1.83 bits per heavy atom. The molecule has 0 unspecified atom stereocenters. The molecular weight excluding hydrogens is 825 g/mol. The number of ether oxygens (including phenoxy) is 1. The molecule has 8 N–H and O–H groups in total. The lowest BCUT2D eigenvalue weighted by atomic mass is 9.54. The van der Waals surface area contributed by atoms with Crippen LogP contribution in [0.15, 0.2) is 78.1 Å². The van der Waals surface area contributed by atoms with Gasteiger partial charge in [0.15, 0.2) is 17.3 Å². The topological polar surface area (TPSA) is 166 Å². The number of Topliss-reactive ketones (excluding diaryl/α,β-unsaturated/α-hetero) is 2. The van der Waals surface area contributed by atoms with E-state index in [4.69, 9.17) is 10.5 Å². The maximum atomic E-state index is 14.6. The number of benzene rings is 3. The number of piperidine rings is 1. The summed E-state index contributed by atoms with van der Waals surface area (Å²) < 4.78 is 5.56. The summed E-state index contributed by atoms with van der Waals surface area (Å²) in [4.78, 5) is 27.1. The molecular formula is C56H72N4O6. The molecule has 0 bridgehead atoms. The van der Waals surface area contributed by atoms with Crippen LogP contribution in [0.3, 0.4) is 0 Å². The van der Waals surface area contributed by atoms with E-state index in [9.17, 15) is 24.9 Å². The van der Waals surface area contributed by atoms with Gasteiger partial charge in [0.1, 0.15) is 11.2 Å². The second-order valence-electron chi connectivity index (χ2n) is 20.8. The van der Waals surface area contributed by atoms with E-state index < -0.39 is 23.5 Å². The van der Waals surface area contributed by atoms with Crippen molar-refractivity contribution in [3.05, 3.63) is 94.8 Å². The first kappa shape index (κ1) is 46.5. The van der Waals surface area contributed by atoms with E-state index >= 15 is 0 Å². The number of aliphatic hydroxyl groups excluding tert-OH is 2. The van der Waals surface area contributed by atoms with Gasteiger partial charge in [0.2, 0.25) is 0 Å². The van der Waals surface area contributed by atoms with E-state index in [0.717, 1.165) is 84.8 Å². The molecule has 9 rings (SSSR count). The van der Waals surface area contributed by atoms with Crippen LogP contribution >= 0.6 is 0 Å². The van der Waals surface area contributed by atoms with Gasteiger partial charge in [-0.15, -0.1) is 0 Å². The molecule has 3 aromatic rings. The number of aryl methyl sites for hydroxylation is 1. The lowest BCUT2D eigenvalue weighted by Crippen LogP contribution is -2.57. The zero-order chi connectivity index (χ0) is 46.0. The van der Waals surface area contributed by atoms with E-state index in [0.29, 0.717) is 111 Å². The highest BCUT2D eigenvalue weighted by Crippen LogP contribution is 2.53. The van der Waals surface area contributed by atoms with Crippen molar-refractivity contribution in [1.29, 1.82) is 0 Å². The Morgan fingerprint density at radius 1 is 0.985 bits per heavy atom. The first-order valence-electron chi connectivity index (χ1n) is 25.2. The van der Waals surface area contributed by atoms with Gasteiger partial charge in [-0.2, -0.15) is 0 Å². The molecule has 0 aromatic heterocycles.